The predicted octanol–water partition coefficient (Wildman–Crippen LogP) is 2.32. The molecular weight excluding hydrogens is 224 g/mol. The molecule has 2 bridgehead atoms. The van der Waals surface area contributed by atoms with Crippen molar-refractivity contribution >= 4 is 5.91 Å². The Morgan fingerprint density at radius 1 is 1.33 bits per heavy atom. The summed E-state index contributed by atoms with van der Waals surface area (Å²) in [6.07, 6.45) is 4.69. The molecule has 0 saturated heterocycles. The molecule has 2 saturated carbocycles. The Morgan fingerprint density at radius 2 is 2.06 bits per heavy atom. The largest absolute Gasteiger partial charge is 0.356 e. The van der Waals surface area contributed by atoms with Crippen LogP contribution in [0.3, 0.4) is 0 Å². The maximum absolute atomic E-state index is 11.5. The van der Waals surface area contributed by atoms with Crippen LogP contribution in [0, 0.1) is 16.7 Å². The second-order valence-electron chi connectivity index (χ2n) is 7.01. The standard InChI is InChI=1S/C15H28N2O/c1-5-16-12(18)7-9-17-13-14(2,3)11-6-8-15(13,4)10-11/h11,13,17H,5-10H2,1-4H3,(H,16,18)/t11-,13?,15+/m0/s1. The molecule has 3 atom stereocenters. The van der Waals surface area contributed by atoms with Gasteiger partial charge in [-0.2, -0.15) is 0 Å². The molecule has 2 aliphatic rings. The van der Waals surface area contributed by atoms with E-state index in [-0.39, 0.29) is 5.91 Å². The van der Waals surface area contributed by atoms with E-state index in [1.165, 1.54) is 19.3 Å². The van der Waals surface area contributed by atoms with Crippen LogP contribution < -0.4 is 10.6 Å². The van der Waals surface area contributed by atoms with Crippen LogP contribution in [0.1, 0.15) is 53.4 Å². The number of fused-ring (bicyclic) bond motifs is 2. The number of carbonyl (C=O) groups excluding carboxylic acids is 1. The van der Waals surface area contributed by atoms with Crippen molar-refractivity contribution in [2.24, 2.45) is 16.7 Å². The quantitative estimate of drug-likeness (QED) is 0.788. The summed E-state index contributed by atoms with van der Waals surface area (Å²) in [5, 5.41) is 6.53. The first-order chi connectivity index (χ1) is 8.40. The van der Waals surface area contributed by atoms with Crippen molar-refractivity contribution in [2.75, 3.05) is 13.1 Å². The fraction of sp³-hybridized carbons (Fsp3) is 0.933. The molecule has 1 unspecified atom stereocenters. The fourth-order valence-corrected chi connectivity index (χ4v) is 4.43. The molecule has 18 heavy (non-hydrogen) atoms. The van der Waals surface area contributed by atoms with Crippen LogP contribution in [0.15, 0.2) is 0 Å². The molecular formula is C15H28N2O. The zero-order valence-electron chi connectivity index (χ0n) is 12.3. The van der Waals surface area contributed by atoms with Gasteiger partial charge in [-0.05, 0) is 42.9 Å². The van der Waals surface area contributed by atoms with Gasteiger partial charge in [-0.25, -0.2) is 0 Å². The van der Waals surface area contributed by atoms with Gasteiger partial charge in [-0.15, -0.1) is 0 Å². The summed E-state index contributed by atoms with van der Waals surface area (Å²) < 4.78 is 0. The molecule has 0 radical (unpaired) electrons. The molecule has 0 spiro atoms. The van der Waals surface area contributed by atoms with Crippen molar-refractivity contribution in [3.8, 4) is 0 Å². The zero-order chi connectivity index (χ0) is 13.4. The molecule has 0 aromatic heterocycles. The molecule has 0 aromatic rings. The highest BCUT2D eigenvalue weighted by Crippen LogP contribution is 2.62. The molecule has 1 amide bonds. The van der Waals surface area contributed by atoms with E-state index in [2.05, 4.69) is 31.4 Å². The van der Waals surface area contributed by atoms with Crippen LogP contribution >= 0.6 is 0 Å². The Bertz CT molecular complexity index is 322. The topological polar surface area (TPSA) is 41.1 Å². The van der Waals surface area contributed by atoms with E-state index in [1.807, 2.05) is 6.92 Å². The van der Waals surface area contributed by atoms with Crippen LogP contribution in [0.2, 0.25) is 0 Å². The van der Waals surface area contributed by atoms with Crippen molar-refractivity contribution in [1.82, 2.24) is 10.6 Å². The smallest absolute Gasteiger partial charge is 0.221 e. The van der Waals surface area contributed by atoms with Crippen LogP contribution in [0.4, 0.5) is 0 Å². The minimum atomic E-state index is 0.163. The third kappa shape index (κ3) is 2.29. The van der Waals surface area contributed by atoms with Crippen LogP contribution in [0.25, 0.3) is 0 Å². The van der Waals surface area contributed by atoms with Crippen LogP contribution in [0.5, 0.6) is 0 Å². The van der Waals surface area contributed by atoms with E-state index in [4.69, 9.17) is 0 Å². The lowest BCUT2D eigenvalue weighted by molar-refractivity contribution is -0.121. The Hall–Kier alpha value is -0.570. The summed E-state index contributed by atoms with van der Waals surface area (Å²) in [6, 6.07) is 0.568. The summed E-state index contributed by atoms with van der Waals surface area (Å²) in [5.74, 6) is 1.03. The fourth-order valence-electron chi connectivity index (χ4n) is 4.43. The molecule has 104 valence electrons. The van der Waals surface area contributed by atoms with Gasteiger partial charge < -0.3 is 10.6 Å². The second kappa shape index (κ2) is 4.84. The van der Waals surface area contributed by atoms with Crippen molar-refractivity contribution in [1.29, 1.82) is 0 Å². The molecule has 2 N–H and O–H groups in total. The first-order valence-corrected chi connectivity index (χ1v) is 7.40. The van der Waals surface area contributed by atoms with Gasteiger partial charge in [0.05, 0.1) is 0 Å². The summed E-state index contributed by atoms with van der Waals surface area (Å²) in [4.78, 5) is 11.5. The molecule has 0 aliphatic heterocycles. The maximum atomic E-state index is 11.5. The minimum Gasteiger partial charge on any atom is -0.356 e. The molecule has 2 fully saturated rings. The average molecular weight is 252 g/mol. The Kier molecular flexibility index (Phi) is 3.72. The average Bonchev–Trinajstić information content (AvgIpc) is 2.75. The van der Waals surface area contributed by atoms with E-state index < -0.39 is 0 Å². The van der Waals surface area contributed by atoms with E-state index in [0.29, 0.717) is 23.3 Å². The van der Waals surface area contributed by atoms with Crippen LogP contribution in [-0.4, -0.2) is 25.0 Å². The number of hydrogen-bond acceptors (Lipinski definition) is 2. The number of nitrogens with one attached hydrogen (secondary N) is 2. The summed E-state index contributed by atoms with van der Waals surface area (Å²) in [5.41, 5.74) is 0.837. The Balaban J connectivity index is 1.87. The first kappa shape index (κ1) is 13.9. The van der Waals surface area contributed by atoms with Crippen LogP contribution in [-0.2, 0) is 4.79 Å². The molecule has 2 rings (SSSR count). The number of hydrogen-bond donors (Lipinski definition) is 2. The van der Waals surface area contributed by atoms with Gasteiger partial charge in [-0.3, -0.25) is 4.79 Å². The van der Waals surface area contributed by atoms with Gasteiger partial charge in [0.1, 0.15) is 0 Å². The third-order valence-corrected chi connectivity index (χ3v) is 5.34. The lowest BCUT2D eigenvalue weighted by Gasteiger charge is -2.43. The zero-order valence-corrected chi connectivity index (χ0v) is 12.3. The van der Waals surface area contributed by atoms with Gasteiger partial charge in [0.25, 0.3) is 0 Å². The predicted molar refractivity (Wildman–Crippen MR) is 74.3 cm³/mol. The summed E-state index contributed by atoms with van der Waals surface area (Å²) in [6.45, 7) is 10.7. The highest BCUT2D eigenvalue weighted by atomic mass is 16.1. The van der Waals surface area contributed by atoms with Crippen molar-refractivity contribution in [3.63, 3.8) is 0 Å². The second-order valence-corrected chi connectivity index (χ2v) is 7.01. The minimum absolute atomic E-state index is 0.163. The van der Waals surface area contributed by atoms with Crippen molar-refractivity contribution in [3.05, 3.63) is 0 Å². The first-order valence-electron chi connectivity index (χ1n) is 7.40. The highest BCUT2D eigenvalue weighted by Gasteiger charge is 2.58. The van der Waals surface area contributed by atoms with Crippen molar-refractivity contribution in [2.45, 2.75) is 59.4 Å². The van der Waals surface area contributed by atoms with Gasteiger partial charge >= 0.3 is 0 Å². The molecule has 3 heteroatoms. The van der Waals surface area contributed by atoms with E-state index in [9.17, 15) is 4.79 Å². The molecule has 3 nitrogen and oxygen atoms in total. The van der Waals surface area contributed by atoms with Crippen molar-refractivity contribution < 1.29 is 4.79 Å². The van der Waals surface area contributed by atoms with E-state index in [0.717, 1.165) is 19.0 Å². The molecule has 0 heterocycles. The van der Waals surface area contributed by atoms with Gasteiger partial charge in [0, 0.05) is 25.6 Å². The van der Waals surface area contributed by atoms with E-state index >= 15 is 0 Å². The number of amides is 1. The van der Waals surface area contributed by atoms with Gasteiger partial charge in [0.2, 0.25) is 5.91 Å². The monoisotopic (exact) mass is 252 g/mol. The van der Waals surface area contributed by atoms with Gasteiger partial charge in [-0.1, -0.05) is 20.8 Å². The number of carbonyl (C=O) groups is 1. The molecule has 0 aromatic carbocycles. The SMILES string of the molecule is CCNC(=O)CCNC1C(C)(C)[C@H]2CC[C@]1(C)C2. The normalized spacial score (nSPS) is 36.9. The Labute approximate surface area is 111 Å². The maximum Gasteiger partial charge on any atom is 0.221 e. The summed E-state index contributed by atoms with van der Waals surface area (Å²) in [7, 11) is 0. The molecule has 2 aliphatic carbocycles. The lowest BCUT2D eigenvalue weighted by Crippen LogP contribution is -2.51. The van der Waals surface area contributed by atoms with Gasteiger partial charge in [0.15, 0.2) is 0 Å². The highest BCUT2D eigenvalue weighted by molar-refractivity contribution is 5.75. The summed E-state index contributed by atoms with van der Waals surface area (Å²) >= 11 is 0. The Morgan fingerprint density at radius 3 is 2.61 bits per heavy atom. The van der Waals surface area contributed by atoms with E-state index in [1.54, 1.807) is 0 Å². The lowest BCUT2D eigenvalue weighted by atomic mass is 9.68. The third-order valence-electron chi connectivity index (χ3n) is 5.34. The number of rotatable bonds is 5.